The number of carbonyl (C=O) groups is 2. The van der Waals surface area contributed by atoms with E-state index in [-0.39, 0.29) is 23.8 Å². The van der Waals surface area contributed by atoms with Crippen LogP contribution in [0.15, 0.2) is 42.5 Å². The number of ether oxygens (including phenoxy) is 2. The van der Waals surface area contributed by atoms with Crippen molar-refractivity contribution in [2.24, 2.45) is 5.92 Å². The van der Waals surface area contributed by atoms with E-state index >= 15 is 0 Å². The number of halogens is 1. The van der Waals surface area contributed by atoms with E-state index in [4.69, 9.17) is 21.1 Å². The Morgan fingerprint density at radius 2 is 1.80 bits per heavy atom. The topological polar surface area (TPSA) is 67.9 Å². The number of rotatable bonds is 6. The smallest absolute Gasteiger partial charge is 0.254 e. The van der Waals surface area contributed by atoms with Gasteiger partial charge in [-0.15, -0.1) is 0 Å². The number of piperidine rings is 1. The zero-order valence-electron chi connectivity index (χ0n) is 17.5. The zero-order valence-corrected chi connectivity index (χ0v) is 18.2. The number of likely N-dealkylation sites (tertiary alicyclic amines) is 1. The first kappa shape index (κ1) is 22.0. The second-order valence-corrected chi connectivity index (χ2v) is 7.99. The van der Waals surface area contributed by atoms with Crippen LogP contribution >= 0.6 is 11.6 Å². The fourth-order valence-electron chi connectivity index (χ4n) is 3.49. The second-order valence-electron chi connectivity index (χ2n) is 7.58. The van der Waals surface area contributed by atoms with Gasteiger partial charge in [-0.1, -0.05) is 29.8 Å². The number of methoxy groups -OCH3 is 1. The highest BCUT2D eigenvalue weighted by atomic mass is 35.5. The number of carbonyl (C=O) groups excluding carboxylic acids is 2. The number of benzene rings is 2. The minimum Gasteiger partial charge on any atom is -0.493 e. The Balaban J connectivity index is 1.63. The van der Waals surface area contributed by atoms with Crippen LogP contribution in [0.4, 0.5) is 5.69 Å². The monoisotopic (exact) mass is 430 g/mol. The molecule has 0 spiro atoms. The molecule has 1 aliphatic rings. The molecule has 2 amide bonds. The Hall–Kier alpha value is -2.73. The summed E-state index contributed by atoms with van der Waals surface area (Å²) in [4.78, 5) is 27.2. The van der Waals surface area contributed by atoms with E-state index in [1.165, 1.54) is 7.11 Å². The van der Waals surface area contributed by atoms with Gasteiger partial charge in [0.2, 0.25) is 5.91 Å². The SMILES string of the molecule is COc1cc(C(=O)N2CCC(C(=O)Nc3ccccc3)CC2)cc(Cl)c1OC(C)C. The average molecular weight is 431 g/mol. The van der Waals surface area contributed by atoms with Crippen molar-refractivity contribution in [2.75, 3.05) is 25.5 Å². The van der Waals surface area contributed by atoms with Crippen molar-refractivity contribution in [2.45, 2.75) is 32.8 Å². The predicted octanol–water partition coefficient (Wildman–Crippen LogP) is 4.63. The Morgan fingerprint density at radius 3 is 2.40 bits per heavy atom. The lowest BCUT2D eigenvalue weighted by Gasteiger charge is -2.31. The molecule has 1 aliphatic heterocycles. The fourth-order valence-corrected chi connectivity index (χ4v) is 3.74. The van der Waals surface area contributed by atoms with E-state index in [0.717, 1.165) is 5.69 Å². The van der Waals surface area contributed by atoms with Gasteiger partial charge in [-0.3, -0.25) is 9.59 Å². The molecule has 0 atom stereocenters. The van der Waals surface area contributed by atoms with E-state index in [9.17, 15) is 9.59 Å². The summed E-state index contributed by atoms with van der Waals surface area (Å²) >= 11 is 6.35. The van der Waals surface area contributed by atoms with Crippen LogP contribution in [0.5, 0.6) is 11.5 Å². The summed E-state index contributed by atoms with van der Waals surface area (Å²) in [5.74, 6) is 0.606. The molecular weight excluding hydrogens is 404 g/mol. The molecule has 0 bridgehead atoms. The number of nitrogens with zero attached hydrogens (tertiary/aromatic N) is 1. The van der Waals surface area contributed by atoms with Gasteiger partial charge in [-0.05, 0) is 51.0 Å². The molecule has 30 heavy (non-hydrogen) atoms. The third-order valence-corrected chi connectivity index (χ3v) is 5.30. The van der Waals surface area contributed by atoms with Crippen LogP contribution in [-0.4, -0.2) is 43.0 Å². The van der Waals surface area contributed by atoms with Crippen LogP contribution in [0.2, 0.25) is 5.02 Å². The molecule has 0 unspecified atom stereocenters. The quantitative estimate of drug-likeness (QED) is 0.725. The molecule has 160 valence electrons. The van der Waals surface area contributed by atoms with Crippen molar-refractivity contribution < 1.29 is 19.1 Å². The number of para-hydroxylation sites is 1. The molecule has 1 fully saturated rings. The normalized spacial score (nSPS) is 14.5. The van der Waals surface area contributed by atoms with Gasteiger partial charge < -0.3 is 19.7 Å². The van der Waals surface area contributed by atoms with Crippen molar-refractivity contribution in [3.8, 4) is 11.5 Å². The lowest BCUT2D eigenvalue weighted by atomic mass is 9.95. The number of hydrogen-bond acceptors (Lipinski definition) is 4. The molecule has 7 heteroatoms. The molecule has 3 rings (SSSR count). The standard InChI is InChI=1S/C23H27ClN2O4/c1-15(2)30-21-19(24)13-17(14-20(21)29-3)23(28)26-11-9-16(10-12-26)22(27)25-18-7-5-4-6-8-18/h4-8,13-16H,9-12H2,1-3H3,(H,25,27). The minimum atomic E-state index is -0.131. The average Bonchev–Trinajstić information content (AvgIpc) is 2.75. The van der Waals surface area contributed by atoms with Crippen LogP contribution in [0.25, 0.3) is 0 Å². The maximum Gasteiger partial charge on any atom is 0.254 e. The summed E-state index contributed by atoms with van der Waals surface area (Å²) in [5.41, 5.74) is 1.23. The van der Waals surface area contributed by atoms with Crippen LogP contribution in [-0.2, 0) is 4.79 Å². The Bertz CT molecular complexity index is 894. The minimum absolute atomic E-state index is 0.00630. The lowest BCUT2D eigenvalue weighted by Crippen LogP contribution is -2.41. The number of amides is 2. The van der Waals surface area contributed by atoms with Gasteiger partial charge in [0.1, 0.15) is 0 Å². The molecule has 1 heterocycles. The maximum atomic E-state index is 13.0. The number of anilines is 1. The summed E-state index contributed by atoms with van der Waals surface area (Å²) < 4.78 is 11.1. The molecule has 2 aromatic rings. The van der Waals surface area contributed by atoms with E-state index in [2.05, 4.69) is 5.32 Å². The highest BCUT2D eigenvalue weighted by Crippen LogP contribution is 2.37. The van der Waals surface area contributed by atoms with Gasteiger partial charge in [0.05, 0.1) is 18.2 Å². The van der Waals surface area contributed by atoms with Crippen molar-refractivity contribution >= 4 is 29.1 Å². The summed E-state index contributed by atoms with van der Waals surface area (Å²) in [6, 6.07) is 12.7. The second kappa shape index (κ2) is 9.85. The van der Waals surface area contributed by atoms with Crippen LogP contribution in [0.3, 0.4) is 0 Å². The van der Waals surface area contributed by atoms with Crippen molar-refractivity contribution in [1.82, 2.24) is 4.90 Å². The predicted molar refractivity (Wildman–Crippen MR) is 117 cm³/mol. The Labute approximate surface area is 182 Å². The summed E-state index contributed by atoms with van der Waals surface area (Å²) in [6.07, 6.45) is 1.16. The first-order valence-electron chi connectivity index (χ1n) is 10.1. The molecule has 0 aliphatic carbocycles. The van der Waals surface area contributed by atoms with E-state index in [0.29, 0.717) is 48.0 Å². The molecule has 1 N–H and O–H groups in total. The largest absolute Gasteiger partial charge is 0.493 e. The van der Waals surface area contributed by atoms with Crippen LogP contribution in [0.1, 0.15) is 37.0 Å². The van der Waals surface area contributed by atoms with Gasteiger partial charge >= 0.3 is 0 Å². The first-order valence-corrected chi connectivity index (χ1v) is 10.5. The summed E-state index contributed by atoms with van der Waals surface area (Å²) in [6.45, 7) is 4.81. The molecule has 0 radical (unpaired) electrons. The van der Waals surface area contributed by atoms with Gasteiger partial charge in [0.25, 0.3) is 5.91 Å². The highest BCUT2D eigenvalue weighted by Gasteiger charge is 2.29. The summed E-state index contributed by atoms with van der Waals surface area (Å²) in [7, 11) is 1.52. The van der Waals surface area contributed by atoms with Crippen LogP contribution < -0.4 is 14.8 Å². The third-order valence-electron chi connectivity index (χ3n) is 5.02. The first-order chi connectivity index (χ1) is 14.4. The zero-order chi connectivity index (χ0) is 21.7. The molecule has 1 saturated heterocycles. The van der Waals surface area contributed by atoms with Gasteiger partial charge in [0.15, 0.2) is 11.5 Å². The highest BCUT2D eigenvalue weighted by molar-refractivity contribution is 6.32. The number of nitrogens with one attached hydrogen (secondary N) is 1. The van der Waals surface area contributed by atoms with Crippen molar-refractivity contribution in [1.29, 1.82) is 0 Å². The summed E-state index contributed by atoms with van der Waals surface area (Å²) in [5, 5.41) is 3.28. The number of hydrogen-bond donors (Lipinski definition) is 1. The molecule has 6 nitrogen and oxygen atoms in total. The maximum absolute atomic E-state index is 13.0. The molecule has 2 aromatic carbocycles. The van der Waals surface area contributed by atoms with E-state index in [1.807, 2.05) is 44.2 Å². The van der Waals surface area contributed by atoms with Gasteiger partial charge in [-0.25, -0.2) is 0 Å². The fraction of sp³-hybridized carbons (Fsp3) is 0.391. The third kappa shape index (κ3) is 5.25. The Kier molecular flexibility index (Phi) is 7.21. The lowest BCUT2D eigenvalue weighted by molar-refractivity contribution is -0.121. The van der Waals surface area contributed by atoms with E-state index in [1.54, 1.807) is 17.0 Å². The van der Waals surface area contributed by atoms with Gasteiger partial charge in [0, 0.05) is 30.3 Å². The van der Waals surface area contributed by atoms with E-state index < -0.39 is 0 Å². The Morgan fingerprint density at radius 1 is 1.13 bits per heavy atom. The van der Waals surface area contributed by atoms with Gasteiger partial charge in [-0.2, -0.15) is 0 Å². The van der Waals surface area contributed by atoms with Crippen molar-refractivity contribution in [3.05, 3.63) is 53.1 Å². The van der Waals surface area contributed by atoms with Crippen LogP contribution in [0, 0.1) is 5.92 Å². The molecule has 0 saturated carbocycles. The molecule has 0 aromatic heterocycles. The van der Waals surface area contributed by atoms with Crippen molar-refractivity contribution in [3.63, 3.8) is 0 Å². The molecular formula is C23H27ClN2O4.